The summed E-state index contributed by atoms with van der Waals surface area (Å²) in [5.74, 6) is -0.638. The first-order valence-electron chi connectivity index (χ1n) is 8.63. The number of pyridine rings is 1. The quantitative estimate of drug-likeness (QED) is 0.427. The van der Waals surface area contributed by atoms with Crippen LogP contribution in [-0.2, 0) is 14.8 Å². The van der Waals surface area contributed by atoms with Gasteiger partial charge in [-0.3, -0.25) is 14.1 Å². The van der Waals surface area contributed by atoms with E-state index in [0.717, 1.165) is 4.31 Å². The Hall–Kier alpha value is -2.94. The predicted octanol–water partition coefficient (Wildman–Crippen LogP) is 3.73. The summed E-state index contributed by atoms with van der Waals surface area (Å²) >= 11 is 12.0. The van der Waals surface area contributed by atoms with Crippen molar-refractivity contribution in [3.8, 4) is 0 Å². The Labute approximate surface area is 184 Å². The van der Waals surface area contributed by atoms with Crippen molar-refractivity contribution in [2.24, 2.45) is 5.10 Å². The van der Waals surface area contributed by atoms with E-state index in [1.165, 1.54) is 36.5 Å². The maximum atomic E-state index is 13.2. The van der Waals surface area contributed by atoms with E-state index in [0.29, 0.717) is 5.56 Å². The summed E-state index contributed by atoms with van der Waals surface area (Å²) in [6.07, 6.45) is 4.58. The van der Waals surface area contributed by atoms with Crippen molar-refractivity contribution in [1.82, 2.24) is 10.4 Å². The number of benzene rings is 2. The number of carbonyl (C=O) groups excluding carboxylic acids is 1. The summed E-state index contributed by atoms with van der Waals surface area (Å²) in [4.78, 5) is 16.4. The SMILES string of the molecule is O=C(CN(c1ccc(Cl)c(Cl)c1)S(=O)(=O)c1ccccc1)NN=Cc1cccnc1. The number of hydrazone groups is 1. The highest BCUT2D eigenvalue weighted by atomic mass is 35.5. The van der Waals surface area contributed by atoms with Crippen LogP contribution in [-0.4, -0.2) is 32.1 Å². The van der Waals surface area contributed by atoms with E-state index in [4.69, 9.17) is 23.2 Å². The zero-order valence-corrected chi connectivity index (χ0v) is 17.8. The van der Waals surface area contributed by atoms with Gasteiger partial charge in [0.2, 0.25) is 0 Å². The van der Waals surface area contributed by atoms with E-state index in [9.17, 15) is 13.2 Å². The van der Waals surface area contributed by atoms with Crippen LogP contribution in [0.2, 0.25) is 10.0 Å². The van der Waals surface area contributed by atoms with Crippen molar-refractivity contribution in [3.05, 3.63) is 88.7 Å². The molecule has 1 amide bonds. The van der Waals surface area contributed by atoms with Gasteiger partial charge in [0.05, 0.1) is 26.8 Å². The number of hydrogen-bond acceptors (Lipinski definition) is 5. The largest absolute Gasteiger partial charge is 0.271 e. The summed E-state index contributed by atoms with van der Waals surface area (Å²) in [5, 5.41) is 4.27. The molecule has 30 heavy (non-hydrogen) atoms. The van der Waals surface area contributed by atoms with E-state index in [2.05, 4.69) is 15.5 Å². The smallest absolute Gasteiger partial charge is 0.264 e. The van der Waals surface area contributed by atoms with Gasteiger partial charge < -0.3 is 0 Å². The van der Waals surface area contributed by atoms with Crippen LogP contribution in [0.3, 0.4) is 0 Å². The second kappa shape index (κ2) is 9.71. The number of amides is 1. The van der Waals surface area contributed by atoms with Crippen LogP contribution in [0.4, 0.5) is 5.69 Å². The number of sulfonamides is 1. The van der Waals surface area contributed by atoms with Crippen molar-refractivity contribution >= 4 is 51.0 Å². The average molecular weight is 463 g/mol. The molecule has 7 nitrogen and oxygen atoms in total. The van der Waals surface area contributed by atoms with Crippen molar-refractivity contribution in [3.63, 3.8) is 0 Å². The Morgan fingerprint density at radius 1 is 1.07 bits per heavy atom. The molecule has 1 aromatic heterocycles. The molecule has 0 saturated carbocycles. The number of nitrogens with zero attached hydrogens (tertiary/aromatic N) is 3. The van der Waals surface area contributed by atoms with Crippen LogP contribution in [0.1, 0.15) is 5.56 Å². The summed E-state index contributed by atoms with van der Waals surface area (Å²) in [7, 11) is -4.05. The topological polar surface area (TPSA) is 91.7 Å². The number of halogens is 2. The predicted molar refractivity (Wildman–Crippen MR) is 117 cm³/mol. The molecule has 0 bridgehead atoms. The molecule has 3 aromatic rings. The van der Waals surface area contributed by atoms with E-state index >= 15 is 0 Å². The van der Waals surface area contributed by atoms with Crippen LogP contribution in [0.25, 0.3) is 0 Å². The zero-order valence-electron chi connectivity index (χ0n) is 15.4. The molecule has 0 radical (unpaired) electrons. The maximum Gasteiger partial charge on any atom is 0.264 e. The molecule has 0 aliphatic heterocycles. The number of carbonyl (C=O) groups is 1. The third-order valence-electron chi connectivity index (χ3n) is 3.90. The van der Waals surface area contributed by atoms with Gasteiger partial charge in [-0.1, -0.05) is 47.5 Å². The van der Waals surface area contributed by atoms with Gasteiger partial charge in [0.25, 0.3) is 15.9 Å². The second-order valence-corrected chi connectivity index (χ2v) is 8.68. The lowest BCUT2D eigenvalue weighted by Gasteiger charge is -2.24. The molecular weight excluding hydrogens is 447 g/mol. The van der Waals surface area contributed by atoms with Crippen molar-refractivity contribution < 1.29 is 13.2 Å². The minimum atomic E-state index is -4.05. The summed E-state index contributed by atoms with van der Waals surface area (Å²) < 4.78 is 27.3. The molecule has 1 N–H and O–H groups in total. The number of hydrogen-bond donors (Lipinski definition) is 1. The molecular formula is C20H16Cl2N4O3S. The molecule has 0 atom stereocenters. The van der Waals surface area contributed by atoms with Gasteiger partial charge in [-0.15, -0.1) is 0 Å². The standard InChI is InChI=1S/C20H16Cl2N4O3S/c21-18-9-8-16(11-19(18)22)26(30(28,29)17-6-2-1-3-7-17)14-20(27)25-24-13-15-5-4-10-23-12-15/h1-13H,14H2,(H,25,27). The number of aromatic nitrogens is 1. The highest BCUT2D eigenvalue weighted by Crippen LogP contribution is 2.30. The van der Waals surface area contributed by atoms with Crippen LogP contribution in [0.5, 0.6) is 0 Å². The normalized spacial score (nSPS) is 11.4. The first-order chi connectivity index (χ1) is 14.4. The monoisotopic (exact) mass is 462 g/mol. The molecule has 3 rings (SSSR count). The Kier molecular flexibility index (Phi) is 7.04. The lowest BCUT2D eigenvalue weighted by Crippen LogP contribution is -2.39. The van der Waals surface area contributed by atoms with Gasteiger partial charge in [0, 0.05) is 18.0 Å². The number of anilines is 1. The molecule has 10 heteroatoms. The van der Waals surface area contributed by atoms with Gasteiger partial charge in [0.15, 0.2) is 0 Å². The Balaban J connectivity index is 1.87. The fourth-order valence-electron chi connectivity index (χ4n) is 2.47. The lowest BCUT2D eigenvalue weighted by atomic mass is 10.3. The first kappa shape index (κ1) is 21.8. The molecule has 154 valence electrons. The van der Waals surface area contributed by atoms with Crippen molar-refractivity contribution in [1.29, 1.82) is 0 Å². The number of nitrogens with one attached hydrogen (secondary N) is 1. The fraction of sp³-hybridized carbons (Fsp3) is 0.0500. The Bertz CT molecular complexity index is 1160. The number of rotatable bonds is 7. The van der Waals surface area contributed by atoms with E-state index in [1.807, 2.05) is 0 Å². The van der Waals surface area contributed by atoms with E-state index in [-0.39, 0.29) is 20.6 Å². The van der Waals surface area contributed by atoms with Crippen LogP contribution >= 0.6 is 23.2 Å². The fourth-order valence-corrected chi connectivity index (χ4v) is 4.20. The second-order valence-electron chi connectivity index (χ2n) is 6.00. The van der Waals surface area contributed by atoms with Gasteiger partial charge in [0.1, 0.15) is 6.54 Å². The Morgan fingerprint density at radius 3 is 2.50 bits per heavy atom. The van der Waals surface area contributed by atoms with Gasteiger partial charge >= 0.3 is 0 Å². The molecule has 1 heterocycles. The minimum Gasteiger partial charge on any atom is -0.271 e. The first-order valence-corrected chi connectivity index (χ1v) is 10.8. The average Bonchev–Trinajstić information content (AvgIpc) is 2.75. The maximum absolute atomic E-state index is 13.2. The van der Waals surface area contributed by atoms with Gasteiger partial charge in [-0.05, 0) is 36.4 Å². The van der Waals surface area contributed by atoms with Crippen molar-refractivity contribution in [2.45, 2.75) is 4.90 Å². The van der Waals surface area contributed by atoms with E-state index in [1.54, 1.807) is 42.7 Å². The molecule has 0 aliphatic carbocycles. The third-order valence-corrected chi connectivity index (χ3v) is 6.42. The van der Waals surface area contributed by atoms with Crippen molar-refractivity contribution in [2.75, 3.05) is 10.8 Å². The lowest BCUT2D eigenvalue weighted by molar-refractivity contribution is -0.119. The van der Waals surface area contributed by atoms with Crippen LogP contribution < -0.4 is 9.73 Å². The summed E-state index contributed by atoms with van der Waals surface area (Å²) in [6.45, 7) is -0.514. The molecule has 2 aromatic carbocycles. The highest BCUT2D eigenvalue weighted by Gasteiger charge is 2.27. The molecule has 0 spiro atoms. The zero-order chi connectivity index (χ0) is 21.6. The minimum absolute atomic E-state index is 0.0303. The third kappa shape index (κ3) is 5.35. The van der Waals surface area contributed by atoms with Crippen LogP contribution in [0.15, 0.2) is 83.1 Å². The summed E-state index contributed by atoms with van der Waals surface area (Å²) in [6, 6.07) is 15.6. The molecule has 0 unspecified atom stereocenters. The highest BCUT2D eigenvalue weighted by molar-refractivity contribution is 7.92. The molecule has 0 aliphatic rings. The van der Waals surface area contributed by atoms with Gasteiger partial charge in [-0.2, -0.15) is 5.10 Å². The molecule has 0 saturated heterocycles. The van der Waals surface area contributed by atoms with Gasteiger partial charge in [-0.25, -0.2) is 13.8 Å². The Morgan fingerprint density at radius 2 is 1.83 bits per heavy atom. The molecule has 0 fully saturated rings. The van der Waals surface area contributed by atoms with Crippen LogP contribution in [0, 0.1) is 0 Å². The van der Waals surface area contributed by atoms with E-state index < -0.39 is 22.5 Å². The summed E-state index contributed by atoms with van der Waals surface area (Å²) in [5.41, 5.74) is 3.19.